The van der Waals surface area contributed by atoms with Gasteiger partial charge in [0.1, 0.15) is 0 Å². The van der Waals surface area contributed by atoms with Gasteiger partial charge in [0.15, 0.2) is 0 Å². The lowest BCUT2D eigenvalue weighted by atomic mass is 9.96. The first kappa shape index (κ1) is 16.4. The molecule has 0 aliphatic rings. The lowest BCUT2D eigenvalue weighted by Crippen LogP contribution is -2.10. The summed E-state index contributed by atoms with van der Waals surface area (Å²) in [5.41, 5.74) is 5.68. The van der Waals surface area contributed by atoms with E-state index in [2.05, 4.69) is 44.5 Å². The third kappa shape index (κ3) is 19.4. The van der Waals surface area contributed by atoms with Gasteiger partial charge >= 0.3 is 0 Å². The van der Waals surface area contributed by atoms with Gasteiger partial charge in [-0.25, -0.2) is 0 Å². The van der Waals surface area contributed by atoms with Gasteiger partial charge in [0.05, 0.1) is 11.9 Å². The van der Waals surface area contributed by atoms with Crippen LogP contribution in [-0.4, -0.2) is 11.9 Å². The number of hydrogen-bond acceptors (Lipinski definition) is 1. The van der Waals surface area contributed by atoms with Crippen molar-refractivity contribution in [3.05, 3.63) is 24.8 Å². The van der Waals surface area contributed by atoms with Crippen LogP contribution in [0, 0.1) is 5.41 Å². The largest absolute Gasteiger partial charge is 0.388 e. The molecular weight excluding hydrogens is 184 g/mol. The first-order valence-electron chi connectivity index (χ1n) is 5.29. The summed E-state index contributed by atoms with van der Waals surface area (Å²) in [7, 11) is 0. The molecular formula is C13H26N2. The highest BCUT2D eigenvalue weighted by atomic mass is 14.9. The number of rotatable bonds is 2. The summed E-state index contributed by atoms with van der Waals surface area (Å²) in [5, 5.41) is 0. The summed E-state index contributed by atoms with van der Waals surface area (Å²) in [6.07, 6.45) is 5.99. The minimum absolute atomic E-state index is 0.189. The van der Waals surface area contributed by atoms with Crippen molar-refractivity contribution in [2.45, 2.75) is 47.6 Å². The first-order valence-corrected chi connectivity index (χ1v) is 5.29. The van der Waals surface area contributed by atoms with Crippen LogP contribution in [0.15, 0.2) is 29.8 Å². The van der Waals surface area contributed by atoms with E-state index in [1.165, 1.54) is 0 Å². The zero-order valence-electron chi connectivity index (χ0n) is 11.0. The Labute approximate surface area is 95.0 Å². The monoisotopic (exact) mass is 210 g/mol. The van der Waals surface area contributed by atoms with Gasteiger partial charge < -0.3 is 5.73 Å². The van der Waals surface area contributed by atoms with Crippen molar-refractivity contribution in [1.29, 1.82) is 0 Å². The summed E-state index contributed by atoms with van der Waals surface area (Å²) in [4.78, 5) is 4.19. The Morgan fingerprint density at radius 1 is 1.40 bits per heavy atom. The summed E-state index contributed by atoms with van der Waals surface area (Å²) in [5.74, 6) is 0.640. The summed E-state index contributed by atoms with van der Waals surface area (Å²) < 4.78 is 0. The molecule has 0 amide bonds. The van der Waals surface area contributed by atoms with E-state index in [0.29, 0.717) is 5.84 Å². The zero-order chi connectivity index (χ0) is 12.5. The van der Waals surface area contributed by atoms with Gasteiger partial charge in [-0.15, -0.1) is 6.58 Å². The van der Waals surface area contributed by atoms with Gasteiger partial charge in [-0.2, -0.15) is 0 Å². The molecule has 0 aliphatic carbocycles. The van der Waals surface area contributed by atoms with Gasteiger partial charge in [0, 0.05) is 0 Å². The Balaban J connectivity index is 0. The quantitative estimate of drug-likeness (QED) is 0.422. The van der Waals surface area contributed by atoms with Gasteiger partial charge in [0.25, 0.3) is 0 Å². The van der Waals surface area contributed by atoms with E-state index in [-0.39, 0.29) is 11.5 Å². The molecule has 0 aliphatic heterocycles. The van der Waals surface area contributed by atoms with E-state index in [9.17, 15) is 0 Å². The lowest BCUT2D eigenvalue weighted by molar-refractivity contribution is 0.541. The van der Waals surface area contributed by atoms with Crippen molar-refractivity contribution in [2.24, 2.45) is 16.1 Å². The van der Waals surface area contributed by atoms with E-state index < -0.39 is 0 Å². The lowest BCUT2D eigenvalue weighted by Gasteiger charge is -2.12. The molecule has 0 rings (SSSR count). The first-order chi connectivity index (χ1) is 6.72. The fourth-order valence-electron chi connectivity index (χ4n) is 0.792. The Bertz CT molecular complexity index is 215. The normalized spacial score (nSPS) is 14.4. The fraction of sp³-hybridized carbons (Fsp3) is 0.615. The fourth-order valence-corrected chi connectivity index (χ4v) is 0.792. The molecule has 0 saturated heterocycles. The minimum Gasteiger partial charge on any atom is -0.388 e. The third-order valence-electron chi connectivity index (χ3n) is 1.28. The van der Waals surface area contributed by atoms with Crippen LogP contribution in [0.4, 0.5) is 0 Å². The van der Waals surface area contributed by atoms with Crippen LogP contribution in [0.25, 0.3) is 0 Å². The molecule has 0 bridgehead atoms. The molecule has 2 N–H and O–H groups in total. The Kier molecular flexibility index (Phi) is 9.04. The van der Waals surface area contributed by atoms with Crippen LogP contribution in [0.1, 0.15) is 41.5 Å². The van der Waals surface area contributed by atoms with Crippen molar-refractivity contribution in [2.75, 3.05) is 0 Å². The minimum atomic E-state index is 0.189. The predicted molar refractivity (Wildman–Crippen MR) is 71.2 cm³/mol. The second kappa shape index (κ2) is 8.27. The van der Waals surface area contributed by atoms with Crippen molar-refractivity contribution >= 4 is 5.84 Å². The standard InChI is InChI=1S/C10H20N2.C3H6/c1-8(12-9(2)11)6-7-10(3,4)5;1-3-2/h6-8H,1-5H3,(H2,11,12);3H,1H2,2H3/b7-6-;. The van der Waals surface area contributed by atoms with E-state index in [4.69, 9.17) is 5.73 Å². The number of nitrogens with zero attached hydrogens (tertiary/aromatic N) is 1. The maximum absolute atomic E-state index is 5.45. The number of allylic oxidation sites excluding steroid dienone is 2. The van der Waals surface area contributed by atoms with Crippen LogP contribution in [-0.2, 0) is 0 Å². The van der Waals surface area contributed by atoms with Crippen molar-refractivity contribution in [3.63, 3.8) is 0 Å². The number of amidine groups is 1. The number of aliphatic imine (C=N–C) groups is 1. The number of nitrogens with two attached hydrogens (primary N) is 1. The molecule has 1 unspecified atom stereocenters. The van der Waals surface area contributed by atoms with Crippen molar-refractivity contribution in [3.8, 4) is 0 Å². The Morgan fingerprint density at radius 3 is 2.07 bits per heavy atom. The average Bonchev–Trinajstić information content (AvgIpc) is 2.00. The predicted octanol–water partition coefficient (Wildman–Crippen LogP) is 3.55. The number of hydrogen-bond donors (Lipinski definition) is 1. The molecule has 15 heavy (non-hydrogen) atoms. The molecule has 0 radical (unpaired) electrons. The maximum atomic E-state index is 5.45. The molecule has 0 aromatic heterocycles. The Hall–Kier alpha value is -1.05. The summed E-state index contributed by atoms with van der Waals surface area (Å²) >= 11 is 0. The molecule has 1 atom stereocenters. The molecule has 88 valence electrons. The summed E-state index contributed by atoms with van der Waals surface area (Å²) in [6.45, 7) is 15.6. The maximum Gasteiger partial charge on any atom is 0.0912 e. The van der Waals surface area contributed by atoms with E-state index in [0.717, 1.165) is 0 Å². The van der Waals surface area contributed by atoms with Crippen LogP contribution in [0.5, 0.6) is 0 Å². The van der Waals surface area contributed by atoms with Gasteiger partial charge in [-0.3, -0.25) is 4.99 Å². The van der Waals surface area contributed by atoms with Gasteiger partial charge in [0.2, 0.25) is 0 Å². The molecule has 2 nitrogen and oxygen atoms in total. The highest BCUT2D eigenvalue weighted by Crippen LogP contribution is 2.15. The molecule has 0 heterocycles. The Morgan fingerprint density at radius 2 is 1.80 bits per heavy atom. The van der Waals surface area contributed by atoms with Crippen molar-refractivity contribution < 1.29 is 0 Å². The molecule has 0 aromatic carbocycles. The van der Waals surface area contributed by atoms with Crippen molar-refractivity contribution in [1.82, 2.24) is 0 Å². The van der Waals surface area contributed by atoms with Gasteiger partial charge in [-0.05, 0) is 26.2 Å². The highest BCUT2D eigenvalue weighted by Gasteiger charge is 2.04. The molecule has 0 saturated carbocycles. The highest BCUT2D eigenvalue weighted by molar-refractivity contribution is 5.77. The SMILES string of the molecule is C=CC.CC(N)=NC(C)/C=C\C(C)(C)C. The molecule has 0 spiro atoms. The average molecular weight is 210 g/mol. The second-order valence-electron chi connectivity index (χ2n) is 4.64. The smallest absolute Gasteiger partial charge is 0.0912 e. The van der Waals surface area contributed by atoms with Gasteiger partial charge in [-0.1, -0.05) is 39.0 Å². The topological polar surface area (TPSA) is 38.4 Å². The van der Waals surface area contributed by atoms with E-state index >= 15 is 0 Å². The zero-order valence-corrected chi connectivity index (χ0v) is 11.0. The molecule has 0 aromatic rings. The van der Waals surface area contributed by atoms with Crippen LogP contribution < -0.4 is 5.73 Å². The summed E-state index contributed by atoms with van der Waals surface area (Å²) in [6, 6.07) is 0.189. The van der Waals surface area contributed by atoms with Crippen LogP contribution in [0.2, 0.25) is 0 Å². The third-order valence-corrected chi connectivity index (χ3v) is 1.28. The van der Waals surface area contributed by atoms with Crippen LogP contribution in [0.3, 0.4) is 0 Å². The van der Waals surface area contributed by atoms with E-state index in [1.54, 1.807) is 13.0 Å². The van der Waals surface area contributed by atoms with Crippen LogP contribution >= 0.6 is 0 Å². The second-order valence-corrected chi connectivity index (χ2v) is 4.64. The molecule has 2 heteroatoms. The molecule has 0 fully saturated rings. The van der Waals surface area contributed by atoms with E-state index in [1.807, 2.05) is 13.8 Å².